The van der Waals surface area contributed by atoms with Crippen molar-refractivity contribution in [2.45, 2.75) is 38.5 Å². The molecule has 4 heteroatoms. The Bertz CT molecular complexity index is 298. The molecule has 2 rings (SSSR count). The zero-order chi connectivity index (χ0) is 11.8. The number of hydrogen-bond donors (Lipinski definition) is 1. The molecule has 4 nitrogen and oxygen atoms in total. The van der Waals surface area contributed by atoms with Crippen molar-refractivity contribution in [3.63, 3.8) is 0 Å². The minimum atomic E-state index is -0.801. The Kier molecular flexibility index (Phi) is 2.91. The summed E-state index contributed by atoms with van der Waals surface area (Å²) in [5.74, 6) is 0.237. The predicted octanol–water partition coefficient (Wildman–Crippen LogP) is 1.83. The van der Waals surface area contributed by atoms with Gasteiger partial charge in [-0.25, -0.2) is 0 Å². The van der Waals surface area contributed by atoms with E-state index in [4.69, 9.17) is 5.11 Å². The number of fused-ring (bicyclic) bond motifs is 1. The summed E-state index contributed by atoms with van der Waals surface area (Å²) in [4.78, 5) is 22.3. The number of carboxylic acids is 1. The predicted molar refractivity (Wildman–Crippen MR) is 56.8 cm³/mol. The maximum absolute atomic E-state index is 11.4. The molecule has 3 atom stereocenters. The zero-order valence-corrected chi connectivity index (χ0v) is 9.57. The normalized spacial score (nSPS) is 36.3. The van der Waals surface area contributed by atoms with Crippen LogP contribution in [0.3, 0.4) is 0 Å². The van der Waals surface area contributed by atoms with Crippen LogP contribution in [-0.4, -0.2) is 24.2 Å². The summed E-state index contributed by atoms with van der Waals surface area (Å²) in [6, 6.07) is 0. The summed E-state index contributed by atoms with van der Waals surface area (Å²) in [6.45, 7) is 0. The third kappa shape index (κ3) is 2.06. The number of methoxy groups -OCH3 is 1. The minimum Gasteiger partial charge on any atom is -0.481 e. The number of carboxylic acid groups (broad SMARTS) is 1. The Labute approximate surface area is 95.0 Å². The van der Waals surface area contributed by atoms with Gasteiger partial charge in [0.05, 0.1) is 20.0 Å². The van der Waals surface area contributed by atoms with Gasteiger partial charge in [0.2, 0.25) is 0 Å². The van der Waals surface area contributed by atoms with Gasteiger partial charge in [0.15, 0.2) is 0 Å². The maximum Gasteiger partial charge on any atom is 0.306 e. The van der Waals surface area contributed by atoms with Crippen molar-refractivity contribution in [1.82, 2.24) is 0 Å². The molecule has 0 aromatic carbocycles. The first kappa shape index (κ1) is 11.4. The fourth-order valence-corrected chi connectivity index (χ4v) is 3.42. The molecule has 16 heavy (non-hydrogen) atoms. The molecule has 0 saturated heterocycles. The van der Waals surface area contributed by atoms with Crippen LogP contribution in [0.5, 0.6) is 0 Å². The Balaban J connectivity index is 2.06. The first-order valence-corrected chi connectivity index (χ1v) is 5.83. The highest BCUT2D eigenvalue weighted by Gasteiger charge is 2.50. The number of esters is 1. The van der Waals surface area contributed by atoms with Gasteiger partial charge in [-0.3, -0.25) is 9.59 Å². The molecular weight excluding hydrogens is 208 g/mol. The van der Waals surface area contributed by atoms with Crippen molar-refractivity contribution in [2.75, 3.05) is 7.11 Å². The third-order valence-electron chi connectivity index (χ3n) is 4.24. The van der Waals surface area contributed by atoms with Crippen molar-refractivity contribution >= 4 is 11.9 Å². The van der Waals surface area contributed by atoms with Crippen LogP contribution in [0.1, 0.15) is 38.5 Å². The Morgan fingerprint density at radius 3 is 2.19 bits per heavy atom. The van der Waals surface area contributed by atoms with Gasteiger partial charge in [0.25, 0.3) is 0 Å². The van der Waals surface area contributed by atoms with Crippen LogP contribution in [0.2, 0.25) is 0 Å². The Morgan fingerprint density at radius 2 is 1.81 bits per heavy atom. The monoisotopic (exact) mass is 226 g/mol. The number of ether oxygens (including phenoxy) is 1. The fraction of sp³-hybridized carbons (Fsp3) is 0.833. The van der Waals surface area contributed by atoms with E-state index in [1.165, 1.54) is 20.0 Å². The number of carbonyl (C=O) groups excluding carboxylic acids is 1. The standard InChI is InChI=1S/C12H18O4/c1-16-11(15)7-12(6-10(13)14)4-8-2-3-9(8)5-12/h8-9H,2-7H2,1H3,(H,13,14)/t8-,9+,12?. The molecule has 0 radical (unpaired) electrons. The molecule has 0 heterocycles. The molecule has 2 fully saturated rings. The SMILES string of the molecule is COC(=O)CC1(CC(=O)O)C[C@H]2CC[C@H]2C1. The van der Waals surface area contributed by atoms with Gasteiger partial charge in [-0.05, 0) is 42.9 Å². The lowest BCUT2D eigenvalue weighted by Gasteiger charge is -2.29. The highest BCUT2D eigenvalue weighted by atomic mass is 16.5. The Morgan fingerprint density at radius 1 is 1.25 bits per heavy atom. The average Bonchev–Trinajstić information content (AvgIpc) is 2.41. The lowest BCUT2D eigenvalue weighted by Crippen LogP contribution is -2.25. The van der Waals surface area contributed by atoms with Gasteiger partial charge < -0.3 is 9.84 Å². The number of carbonyl (C=O) groups is 2. The molecule has 0 aliphatic heterocycles. The van der Waals surface area contributed by atoms with Crippen LogP contribution < -0.4 is 0 Å². The van der Waals surface area contributed by atoms with E-state index in [9.17, 15) is 9.59 Å². The second-order valence-electron chi connectivity index (χ2n) is 5.33. The zero-order valence-electron chi connectivity index (χ0n) is 9.57. The molecule has 0 aromatic heterocycles. The van der Waals surface area contributed by atoms with E-state index < -0.39 is 5.97 Å². The van der Waals surface area contributed by atoms with Gasteiger partial charge in [0, 0.05) is 0 Å². The van der Waals surface area contributed by atoms with E-state index in [0.29, 0.717) is 11.8 Å². The van der Waals surface area contributed by atoms with E-state index in [0.717, 1.165) is 12.8 Å². The molecule has 0 bridgehead atoms. The molecule has 2 aliphatic carbocycles. The van der Waals surface area contributed by atoms with Crippen molar-refractivity contribution in [1.29, 1.82) is 0 Å². The van der Waals surface area contributed by atoms with Crippen LogP contribution in [0.25, 0.3) is 0 Å². The number of aliphatic carboxylic acids is 1. The van der Waals surface area contributed by atoms with Gasteiger partial charge in [-0.15, -0.1) is 0 Å². The summed E-state index contributed by atoms with van der Waals surface area (Å²) in [5.41, 5.74) is -0.329. The topological polar surface area (TPSA) is 63.6 Å². The first-order valence-electron chi connectivity index (χ1n) is 5.83. The van der Waals surface area contributed by atoms with Crippen LogP contribution in [0.15, 0.2) is 0 Å². The highest BCUT2D eigenvalue weighted by Crippen LogP contribution is 2.58. The van der Waals surface area contributed by atoms with Crippen molar-refractivity contribution < 1.29 is 19.4 Å². The van der Waals surface area contributed by atoms with Crippen LogP contribution in [-0.2, 0) is 14.3 Å². The highest BCUT2D eigenvalue weighted by molar-refractivity contribution is 5.73. The maximum atomic E-state index is 11.4. The fourth-order valence-electron chi connectivity index (χ4n) is 3.42. The lowest BCUT2D eigenvalue weighted by molar-refractivity contribution is -0.146. The van der Waals surface area contributed by atoms with E-state index in [-0.39, 0.29) is 24.2 Å². The Hall–Kier alpha value is -1.06. The van der Waals surface area contributed by atoms with Crippen molar-refractivity contribution in [3.8, 4) is 0 Å². The second-order valence-corrected chi connectivity index (χ2v) is 5.33. The molecule has 0 amide bonds. The third-order valence-corrected chi connectivity index (χ3v) is 4.24. The summed E-state index contributed by atoms with van der Waals surface area (Å²) >= 11 is 0. The van der Waals surface area contributed by atoms with Crippen LogP contribution in [0.4, 0.5) is 0 Å². The molecule has 2 aliphatic rings. The van der Waals surface area contributed by atoms with Gasteiger partial charge >= 0.3 is 11.9 Å². The summed E-state index contributed by atoms with van der Waals surface area (Å²) in [6.07, 6.45) is 4.55. The van der Waals surface area contributed by atoms with Gasteiger partial charge in [-0.2, -0.15) is 0 Å². The number of rotatable bonds is 4. The largest absolute Gasteiger partial charge is 0.481 e. The van der Waals surface area contributed by atoms with Crippen LogP contribution >= 0.6 is 0 Å². The molecule has 2 saturated carbocycles. The van der Waals surface area contributed by atoms with Crippen molar-refractivity contribution in [2.24, 2.45) is 17.3 Å². The molecule has 1 unspecified atom stereocenters. The second kappa shape index (κ2) is 4.07. The number of hydrogen-bond acceptors (Lipinski definition) is 3. The average molecular weight is 226 g/mol. The summed E-state index contributed by atoms with van der Waals surface area (Å²) in [7, 11) is 1.36. The first-order chi connectivity index (χ1) is 7.54. The molecular formula is C12H18O4. The smallest absolute Gasteiger partial charge is 0.306 e. The van der Waals surface area contributed by atoms with E-state index in [1.807, 2.05) is 0 Å². The van der Waals surface area contributed by atoms with Crippen molar-refractivity contribution in [3.05, 3.63) is 0 Å². The summed E-state index contributed by atoms with van der Waals surface area (Å²) in [5, 5.41) is 8.97. The lowest BCUT2D eigenvalue weighted by atomic mass is 9.77. The van der Waals surface area contributed by atoms with Gasteiger partial charge in [-0.1, -0.05) is 0 Å². The quantitative estimate of drug-likeness (QED) is 0.743. The molecule has 0 aromatic rings. The minimum absolute atomic E-state index is 0.106. The molecule has 1 N–H and O–H groups in total. The van der Waals surface area contributed by atoms with Gasteiger partial charge in [0.1, 0.15) is 0 Å². The molecule has 0 spiro atoms. The van der Waals surface area contributed by atoms with Crippen LogP contribution in [0, 0.1) is 17.3 Å². The molecule has 90 valence electrons. The summed E-state index contributed by atoms with van der Waals surface area (Å²) < 4.78 is 4.68. The van der Waals surface area contributed by atoms with E-state index in [1.54, 1.807) is 0 Å². The van der Waals surface area contributed by atoms with E-state index >= 15 is 0 Å². The van der Waals surface area contributed by atoms with E-state index in [2.05, 4.69) is 4.74 Å².